The molecule has 0 aromatic heterocycles. The van der Waals surface area contributed by atoms with E-state index >= 15 is 0 Å². The second-order valence-electron chi connectivity index (χ2n) is 7.26. The van der Waals surface area contributed by atoms with Gasteiger partial charge in [-0.25, -0.2) is 0 Å². The fourth-order valence-electron chi connectivity index (χ4n) is 3.63. The summed E-state index contributed by atoms with van der Waals surface area (Å²) in [6.07, 6.45) is 9.58. The van der Waals surface area contributed by atoms with Gasteiger partial charge in [0, 0.05) is 0 Å². The Morgan fingerprint density at radius 1 is 0.690 bits per heavy atom. The number of fused-ring (bicyclic) bond motifs is 2. The quantitative estimate of drug-likeness (QED) is 0.519. The smallest absolute Gasteiger partial charge is 1.00 e. The Bertz CT molecular complexity index is 819. The molecule has 0 radical (unpaired) electrons. The van der Waals surface area contributed by atoms with Gasteiger partial charge in [0.05, 0.1) is 0 Å². The van der Waals surface area contributed by atoms with Crippen molar-refractivity contribution in [3.8, 4) is 0 Å². The number of allylic oxidation sites excluding steroid dienone is 2. The molecule has 0 fully saturated rings. The van der Waals surface area contributed by atoms with Gasteiger partial charge in [-0.15, -0.1) is 13.2 Å². The fourth-order valence-corrected chi connectivity index (χ4v) is 7.77. The molecule has 2 aromatic rings. The number of hydrogen-bond donors (Lipinski definition) is 0. The number of benzene rings is 2. The van der Waals surface area contributed by atoms with Crippen LogP contribution in [0.15, 0.2) is 61.7 Å². The monoisotopic (exact) mass is 504 g/mol. The molecule has 5 heteroatoms. The first-order chi connectivity index (χ1) is 13.0. The van der Waals surface area contributed by atoms with Crippen LogP contribution in [0.2, 0.25) is 0 Å². The number of rotatable bonds is 4. The van der Waals surface area contributed by atoms with Gasteiger partial charge >= 0.3 is 163 Å². The van der Waals surface area contributed by atoms with Crippen molar-refractivity contribution in [2.45, 2.75) is 7.25 Å². The van der Waals surface area contributed by atoms with Crippen LogP contribution in [0.25, 0.3) is 12.2 Å². The number of anilines is 2. The zero-order valence-corrected chi connectivity index (χ0v) is 21.5. The zero-order valence-electron chi connectivity index (χ0n) is 17.5. The van der Waals surface area contributed by atoms with E-state index in [9.17, 15) is 0 Å². The number of hydrogen-bond acceptors (Lipinski definition) is 2. The summed E-state index contributed by atoms with van der Waals surface area (Å²) in [5.41, 5.74) is 8.51. The Hall–Kier alpha value is -1.28. The Morgan fingerprint density at radius 3 is 1.41 bits per heavy atom. The summed E-state index contributed by atoms with van der Waals surface area (Å²) in [6, 6.07) is 13.9. The van der Waals surface area contributed by atoms with Crippen LogP contribution < -0.4 is 34.6 Å². The predicted molar refractivity (Wildman–Crippen MR) is 116 cm³/mol. The van der Waals surface area contributed by atoms with Crippen LogP contribution >= 0.6 is 0 Å². The number of halogens is 2. The minimum atomic E-state index is -0.646. The van der Waals surface area contributed by atoms with E-state index in [1.54, 1.807) is 11.1 Å². The van der Waals surface area contributed by atoms with E-state index in [-0.39, 0.29) is 24.8 Å². The van der Waals surface area contributed by atoms with Crippen molar-refractivity contribution in [1.82, 2.24) is 0 Å². The Labute approximate surface area is 199 Å². The van der Waals surface area contributed by atoms with Gasteiger partial charge in [-0.05, 0) is 0 Å². The normalized spacial score (nSPS) is 17.0. The first kappa shape index (κ1) is 25.8. The summed E-state index contributed by atoms with van der Waals surface area (Å²) in [5.74, 6) is 0. The largest absolute Gasteiger partial charge is 1.00 e. The Kier molecular flexibility index (Phi) is 9.95. The molecule has 0 heterocycles. The van der Waals surface area contributed by atoms with Crippen LogP contribution in [0, 0.1) is 0 Å². The maximum Gasteiger partial charge on any atom is -1.00 e. The molecule has 0 saturated carbocycles. The van der Waals surface area contributed by atoms with Crippen molar-refractivity contribution in [1.29, 1.82) is 0 Å². The van der Waals surface area contributed by atoms with Gasteiger partial charge in [0.25, 0.3) is 0 Å². The summed E-state index contributed by atoms with van der Waals surface area (Å²) in [6.45, 7) is 6.00. The molecule has 0 saturated heterocycles. The average molecular weight is 507 g/mol. The first-order valence-corrected chi connectivity index (χ1v) is 12.1. The van der Waals surface area contributed by atoms with Crippen LogP contribution in [0.4, 0.5) is 11.4 Å². The topological polar surface area (TPSA) is 6.48 Å². The second kappa shape index (κ2) is 11.2. The molecule has 2 aliphatic carbocycles. The average Bonchev–Trinajstić information content (AvgIpc) is 3.27. The summed E-state index contributed by atoms with van der Waals surface area (Å²) in [7, 11) is 8.43. The number of nitrogens with zero attached hydrogens (tertiary/aromatic N) is 2. The van der Waals surface area contributed by atoms with Gasteiger partial charge in [0.2, 0.25) is 0 Å². The van der Waals surface area contributed by atoms with Gasteiger partial charge < -0.3 is 24.8 Å². The third kappa shape index (κ3) is 5.45. The zero-order chi connectivity index (χ0) is 19.6. The summed E-state index contributed by atoms with van der Waals surface area (Å²) < 4.78 is 1.37. The second-order valence-corrected chi connectivity index (χ2v) is 11.1. The van der Waals surface area contributed by atoms with E-state index in [2.05, 4.69) is 112 Å². The molecule has 0 N–H and O–H groups in total. The summed E-state index contributed by atoms with van der Waals surface area (Å²) in [4.78, 5) is 4.36. The van der Waals surface area contributed by atoms with Crippen LogP contribution in [-0.4, -0.2) is 28.2 Å². The third-order valence-electron chi connectivity index (χ3n) is 5.14. The van der Waals surface area contributed by atoms with E-state index in [0.717, 1.165) is 0 Å². The van der Waals surface area contributed by atoms with E-state index in [1.165, 1.54) is 22.5 Å². The van der Waals surface area contributed by atoms with Crippen molar-refractivity contribution < 1.29 is 48.0 Å². The minimum absolute atomic E-state index is 0. The molecule has 2 nitrogen and oxygen atoms in total. The van der Waals surface area contributed by atoms with Crippen molar-refractivity contribution in [2.75, 3.05) is 38.0 Å². The van der Waals surface area contributed by atoms with Gasteiger partial charge in [-0.3, -0.25) is 0 Å². The van der Waals surface area contributed by atoms with Crippen LogP contribution in [-0.2, 0) is 23.2 Å². The van der Waals surface area contributed by atoms with Crippen molar-refractivity contribution >= 4 is 23.5 Å². The Balaban J connectivity index is 0.00000102. The molecule has 4 rings (SSSR count). The molecule has 0 aliphatic heterocycles. The standard InChI is InChI=1S/2C11H12N.C2H4.2ClH.Zr/c2*1-12(2)11-7-6-9-4-3-5-10(9)8-11;1-2;;;/h2*3-8H,1-2H3;1-2H2;2*1H;/q;;;;;+2/p-2. The fraction of sp³-hybridized carbons (Fsp3) is 0.250. The SMILES string of the molecule is C=C.CN(C)c1ccc2c(c1)C=C[CH]2[Zr+2][CH]1C=Cc2cc(N(C)C)ccc21.[Cl-].[Cl-]. The maximum absolute atomic E-state index is 3.00. The van der Waals surface area contributed by atoms with Crippen LogP contribution in [0.5, 0.6) is 0 Å². The molecular weight excluding hydrogens is 478 g/mol. The minimum Gasteiger partial charge on any atom is -1.00 e. The molecule has 0 bridgehead atoms. The molecule has 152 valence electrons. The van der Waals surface area contributed by atoms with Gasteiger partial charge in [-0.1, -0.05) is 0 Å². The first-order valence-electron chi connectivity index (χ1n) is 9.28. The molecule has 2 aromatic carbocycles. The third-order valence-corrected chi connectivity index (χ3v) is 9.38. The van der Waals surface area contributed by atoms with E-state index in [0.29, 0.717) is 7.25 Å². The Morgan fingerprint density at radius 2 is 1.07 bits per heavy atom. The van der Waals surface area contributed by atoms with Crippen LogP contribution in [0.3, 0.4) is 0 Å². The maximum atomic E-state index is 3.00. The molecule has 2 unspecified atom stereocenters. The van der Waals surface area contributed by atoms with E-state index in [4.69, 9.17) is 0 Å². The van der Waals surface area contributed by atoms with Gasteiger partial charge in [-0.2, -0.15) is 0 Å². The molecule has 0 amide bonds. The van der Waals surface area contributed by atoms with Crippen molar-refractivity contribution in [3.05, 3.63) is 84.0 Å². The summed E-state index contributed by atoms with van der Waals surface area (Å²) in [5, 5.41) is 0. The van der Waals surface area contributed by atoms with Crippen LogP contribution in [0.1, 0.15) is 29.5 Å². The van der Waals surface area contributed by atoms with E-state index < -0.39 is 23.2 Å². The molecule has 0 spiro atoms. The van der Waals surface area contributed by atoms with E-state index in [1.807, 2.05) is 0 Å². The summed E-state index contributed by atoms with van der Waals surface area (Å²) >= 11 is -0.646. The molecule has 2 atom stereocenters. The molecular formula is C24H28Cl2N2Zr. The predicted octanol–water partition coefficient (Wildman–Crippen LogP) is -0.453. The van der Waals surface area contributed by atoms with Crippen molar-refractivity contribution in [3.63, 3.8) is 0 Å². The molecule has 29 heavy (non-hydrogen) atoms. The van der Waals surface area contributed by atoms with Gasteiger partial charge in [0.1, 0.15) is 0 Å². The van der Waals surface area contributed by atoms with Gasteiger partial charge in [0.15, 0.2) is 0 Å². The van der Waals surface area contributed by atoms with Crippen molar-refractivity contribution in [2.24, 2.45) is 0 Å². The molecule has 2 aliphatic rings.